The Morgan fingerprint density at radius 1 is 1.00 bits per heavy atom. The molecule has 0 aromatic heterocycles. The number of rotatable bonds is 12. The smallest absolute Gasteiger partial charge is 0.467 e. The molecule has 0 saturated carbocycles. The predicted octanol–water partition coefficient (Wildman–Crippen LogP) is 3.93. The molecule has 5 rings (SSSR count). The first kappa shape index (κ1) is 32.2. The summed E-state index contributed by atoms with van der Waals surface area (Å²) in [5, 5.41) is 5.38. The van der Waals surface area contributed by atoms with E-state index >= 15 is 0 Å². The number of methoxy groups -OCH3 is 1. The summed E-state index contributed by atoms with van der Waals surface area (Å²) in [5.41, 5.74) is 11.1. The Morgan fingerprint density at radius 2 is 1.69 bits per heavy atom. The molecule has 0 spiro atoms. The highest BCUT2D eigenvalue weighted by Gasteiger charge is 2.32. The van der Waals surface area contributed by atoms with Crippen LogP contribution < -0.4 is 20.9 Å². The van der Waals surface area contributed by atoms with Gasteiger partial charge in [-0.2, -0.15) is 0 Å². The Bertz CT molecular complexity index is 1570. The Morgan fingerprint density at radius 3 is 2.36 bits per heavy atom. The molecule has 2 aliphatic rings. The minimum absolute atomic E-state index is 0.0446. The minimum atomic E-state index is -4.16. The van der Waals surface area contributed by atoms with Crippen molar-refractivity contribution in [2.75, 3.05) is 20.3 Å². The van der Waals surface area contributed by atoms with Crippen molar-refractivity contribution >= 4 is 25.8 Å². The van der Waals surface area contributed by atoms with Gasteiger partial charge in [0, 0.05) is 17.9 Å². The SMILES string of the molecule is COC(=O)[C@H](Cc1ccc2c(c1)COP(=O)(O)O2)NC(=O)[C@H](CCCCN)NC(=O)OCC1c2ccccc2-c2ccccc21. The second kappa shape index (κ2) is 14.3. The van der Waals surface area contributed by atoms with Crippen molar-refractivity contribution in [3.8, 4) is 16.9 Å². The Balaban J connectivity index is 1.25. The molecule has 238 valence electrons. The quantitative estimate of drug-likeness (QED) is 0.129. The molecular weight excluding hydrogens is 601 g/mol. The van der Waals surface area contributed by atoms with E-state index in [2.05, 4.69) is 10.6 Å². The van der Waals surface area contributed by atoms with Crippen molar-refractivity contribution < 1.29 is 42.4 Å². The van der Waals surface area contributed by atoms with Crippen molar-refractivity contribution in [1.29, 1.82) is 0 Å². The molecule has 3 aromatic rings. The van der Waals surface area contributed by atoms with Gasteiger partial charge in [-0.15, -0.1) is 0 Å². The lowest BCUT2D eigenvalue weighted by Crippen LogP contribution is -2.52. The Kier molecular flexibility index (Phi) is 10.2. The number of nitrogens with two attached hydrogens (primary N) is 1. The highest BCUT2D eigenvalue weighted by atomic mass is 31.2. The number of carbonyl (C=O) groups is 3. The zero-order valence-corrected chi connectivity index (χ0v) is 25.7. The Hall–Kier alpha value is -4.22. The first-order valence-corrected chi connectivity index (χ1v) is 16.2. The van der Waals surface area contributed by atoms with Crippen LogP contribution in [0.2, 0.25) is 0 Å². The number of ether oxygens (including phenoxy) is 2. The summed E-state index contributed by atoms with van der Waals surface area (Å²) >= 11 is 0. The fourth-order valence-electron chi connectivity index (χ4n) is 5.65. The van der Waals surface area contributed by atoms with E-state index in [0.717, 1.165) is 22.3 Å². The fraction of sp³-hybridized carbons (Fsp3) is 0.344. The molecule has 45 heavy (non-hydrogen) atoms. The summed E-state index contributed by atoms with van der Waals surface area (Å²) < 4.78 is 32.1. The van der Waals surface area contributed by atoms with Gasteiger partial charge in [0.05, 0.1) is 13.7 Å². The number of fused-ring (bicyclic) bond motifs is 4. The zero-order chi connectivity index (χ0) is 32.0. The van der Waals surface area contributed by atoms with Gasteiger partial charge in [0.25, 0.3) is 0 Å². The van der Waals surface area contributed by atoms with E-state index in [4.69, 9.17) is 24.3 Å². The number of alkyl carbamates (subject to hydrolysis) is 1. The van der Waals surface area contributed by atoms with E-state index in [1.807, 2.05) is 48.5 Å². The minimum Gasteiger partial charge on any atom is -0.467 e. The van der Waals surface area contributed by atoms with E-state index in [1.54, 1.807) is 12.1 Å². The van der Waals surface area contributed by atoms with Crippen LogP contribution in [0.25, 0.3) is 11.1 Å². The molecule has 2 amide bonds. The molecule has 12 nitrogen and oxygen atoms in total. The van der Waals surface area contributed by atoms with Gasteiger partial charge in [0.2, 0.25) is 5.91 Å². The van der Waals surface area contributed by atoms with Gasteiger partial charge >= 0.3 is 19.9 Å². The monoisotopic (exact) mass is 637 g/mol. The summed E-state index contributed by atoms with van der Waals surface area (Å²) in [6.07, 6.45) is 0.756. The number of unbranched alkanes of at least 4 members (excludes halogenated alkanes) is 1. The molecule has 1 unspecified atom stereocenters. The predicted molar refractivity (Wildman–Crippen MR) is 164 cm³/mol. The molecule has 3 atom stereocenters. The molecule has 0 fully saturated rings. The summed E-state index contributed by atoms with van der Waals surface area (Å²) in [4.78, 5) is 48.7. The van der Waals surface area contributed by atoms with Gasteiger partial charge < -0.3 is 30.4 Å². The van der Waals surface area contributed by atoms with Crippen molar-refractivity contribution in [2.24, 2.45) is 5.73 Å². The lowest BCUT2D eigenvalue weighted by atomic mass is 9.98. The van der Waals surface area contributed by atoms with Gasteiger partial charge in [0.15, 0.2) is 0 Å². The topological polar surface area (TPSA) is 176 Å². The third kappa shape index (κ3) is 7.72. The molecule has 1 aliphatic heterocycles. The van der Waals surface area contributed by atoms with Crippen molar-refractivity contribution in [3.05, 3.63) is 89.0 Å². The number of nitrogens with one attached hydrogen (secondary N) is 2. The van der Waals surface area contributed by atoms with E-state index in [-0.39, 0.29) is 37.7 Å². The second-order valence-electron chi connectivity index (χ2n) is 10.9. The number of phosphoric acid groups is 1. The van der Waals surface area contributed by atoms with Crippen LogP contribution in [0.1, 0.15) is 47.4 Å². The van der Waals surface area contributed by atoms with Crippen LogP contribution in [-0.4, -0.2) is 55.2 Å². The Labute approximate surface area is 260 Å². The van der Waals surface area contributed by atoms with Crippen LogP contribution in [0.5, 0.6) is 5.75 Å². The largest absolute Gasteiger partial charge is 0.527 e. The van der Waals surface area contributed by atoms with Crippen molar-refractivity contribution in [2.45, 2.75) is 50.3 Å². The van der Waals surface area contributed by atoms with E-state index in [9.17, 15) is 23.8 Å². The van der Waals surface area contributed by atoms with Crippen molar-refractivity contribution in [1.82, 2.24) is 10.6 Å². The van der Waals surface area contributed by atoms with Crippen LogP contribution in [0, 0.1) is 0 Å². The number of hydrogen-bond donors (Lipinski definition) is 4. The van der Waals surface area contributed by atoms with Crippen LogP contribution in [-0.2, 0) is 41.2 Å². The molecule has 1 heterocycles. The standard InChI is InChI=1S/C32H36N3O9P/c1-41-31(37)28(17-20-13-14-29-21(16-20)18-43-45(39,40)44-29)34-30(36)27(12-6-7-15-33)35-32(38)42-19-26-24-10-4-2-8-22(24)23-9-3-5-11-25(23)26/h2-5,8-11,13-14,16,26-28H,6-7,12,15,17-19,33H2,1H3,(H,34,36)(H,35,38)(H,39,40)/t27-,28-/m0/s1. The van der Waals surface area contributed by atoms with E-state index < -0.39 is 37.9 Å². The maximum Gasteiger partial charge on any atom is 0.527 e. The van der Waals surface area contributed by atoms with Crippen LogP contribution >= 0.6 is 7.82 Å². The number of hydrogen-bond acceptors (Lipinski definition) is 9. The molecule has 13 heteroatoms. The normalized spacial score (nSPS) is 17.9. The maximum absolute atomic E-state index is 13.5. The van der Waals surface area contributed by atoms with Crippen LogP contribution in [0.15, 0.2) is 66.7 Å². The third-order valence-corrected chi connectivity index (χ3v) is 8.75. The fourth-order valence-corrected chi connectivity index (χ4v) is 6.43. The van der Waals surface area contributed by atoms with Gasteiger partial charge in [-0.3, -0.25) is 14.2 Å². The van der Waals surface area contributed by atoms with Gasteiger partial charge in [-0.05, 0) is 65.8 Å². The molecule has 0 radical (unpaired) electrons. The molecule has 0 bridgehead atoms. The summed E-state index contributed by atoms with van der Waals surface area (Å²) in [5.74, 6) is -1.22. The number of esters is 1. The van der Waals surface area contributed by atoms with E-state index in [1.165, 1.54) is 13.2 Å². The molecule has 3 aromatic carbocycles. The highest BCUT2D eigenvalue weighted by molar-refractivity contribution is 7.47. The summed E-state index contributed by atoms with van der Waals surface area (Å²) in [6, 6.07) is 18.7. The lowest BCUT2D eigenvalue weighted by Gasteiger charge is -2.24. The summed E-state index contributed by atoms with van der Waals surface area (Å²) in [6.45, 7) is 0.348. The summed E-state index contributed by atoms with van der Waals surface area (Å²) in [7, 11) is -2.95. The first-order valence-electron chi connectivity index (χ1n) is 14.7. The molecule has 1 aliphatic carbocycles. The number of carbonyl (C=O) groups excluding carboxylic acids is 3. The second-order valence-corrected chi connectivity index (χ2v) is 12.2. The molecule has 0 saturated heterocycles. The van der Waals surface area contributed by atoms with Gasteiger partial charge in [-0.1, -0.05) is 54.6 Å². The van der Waals surface area contributed by atoms with Gasteiger partial charge in [-0.25, -0.2) is 14.2 Å². The molecular formula is C32H36N3O9P. The van der Waals surface area contributed by atoms with Crippen LogP contribution in [0.4, 0.5) is 4.79 Å². The van der Waals surface area contributed by atoms with Gasteiger partial charge in [0.1, 0.15) is 24.4 Å². The molecule has 5 N–H and O–H groups in total. The number of benzene rings is 3. The van der Waals surface area contributed by atoms with Crippen LogP contribution in [0.3, 0.4) is 0 Å². The maximum atomic E-state index is 13.5. The highest BCUT2D eigenvalue weighted by Crippen LogP contribution is 2.50. The van der Waals surface area contributed by atoms with E-state index in [0.29, 0.717) is 30.5 Å². The average Bonchev–Trinajstić information content (AvgIpc) is 3.36. The average molecular weight is 638 g/mol. The number of amides is 2. The zero-order valence-electron chi connectivity index (χ0n) is 24.8. The number of phosphoric ester groups is 1. The first-order chi connectivity index (χ1) is 21.7. The van der Waals surface area contributed by atoms with Crippen molar-refractivity contribution in [3.63, 3.8) is 0 Å². The lowest BCUT2D eigenvalue weighted by molar-refractivity contribution is -0.145. The third-order valence-electron chi connectivity index (χ3n) is 7.86.